The molecule has 0 saturated carbocycles. The van der Waals surface area contributed by atoms with Crippen molar-refractivity contribution in [3.05, 3.63) is 131 Å². The van der Waals surface area contributed by atoms with Gasteiger partial charge in [-0.15, -0.1) is 0 Å². The minimum Gasteiger partial charge on any atom is -0.462 e. The molecule has 4 aromatic carbocycles. The molecular weight excluding hydrogens is 486 g/mol. The van der Waals surface area contributed by atoms with Crippen LogP contribution in [0.2, 0.25) is 0 Å². The molecule has 0 aromatic heterocycles. The average Bonchev–Trinajstić information content (AvgIpc) is 3.28. The minimum absolute atomic E-state index is 0.225. The van der Waals surface area contributed by atoms with Gasteiger partial charge in [-0.3, -0.25) is 9.69 Å². The van der Waals surface area contributed by atoms with Gasteiger partial charge in [0, 0.05) is 24.3 Å². The van der Waals surface area contributed by atoms with Crippen molar-refractivity contribution in [2.75, 3.05) is 24.3 Å². The molecule has 2 N–H and O–H groups in total. The molecular formula is C33H31N3O3. The molecule has 0 saturated heterocycles. The summed E-state index contributed by atoms with van der Waals surface area (Å²) in [5, 5.41) is 6.42. The lowest BCUT2D eigenvalue weighted by Crippen LogP contribution is -2.17. The number of benzene rings is 4. The molecule has 0 aliphatic carbocycles. The zero-order chi connectivity index (χ0) is 27.2. The predicted octanol–water partition coefficient (Wildman–Crippen LogP) is 6.43. The van der Waals surface area contributed by atoms with E-state index in [-0.39, 0.29) is 12.5 Å². The van der Waals surface area contributed by atoms with Crippen LogP contribution in [0.4, 0.5) is 11.4 Å². The van der Waals surface area contributed by atoms with Crippen molar-refractivity contribution >= 4 is 34.5 Å². The van der Waals surface area contributed by atoms with E-state index in [1.807, 2.05) is 48.5 Å². The van der Waals surface area contributed by atoms with Crippen LogP contribution < -0.4 is 10.6 Å². The highest BCUT2D eigenvalue weighted by molar-refractivity contribution is 6.37. The lowest BCUT2D eigenvalue weighted by molar-refractivity contribution is -0.110. The van der Waals surface area contributed by atoms with Crippen LogP contribution >= 0.6 is 0 Å². The van der Waals surface area contributed by atoms with Crippen molar-refractivity contribution < 1.29 is 14.3 Å². The molecule has 6 heteroatoms. The summed E-state index contributed by atoms with van der Waals surface area (Å²) in [4.78, 5) is 27.7. The molecule has 196 valence electrons. The van der Waals surface area contributed by atoms with Crippen LogP contribution in [0.3, 0.4) is 0 Å². The lowest BCUT2D eigenvalue weighted by Gasteiger charge is -2.18. The smallest absolute Gasteiger partial charge is 0.338 e. The van der Waals surface area contributed by atoms with Crippen LogP contribution in [0.15, 0.2) is 103 Å². The number of rotatable bonds is 9. The Labute approximate surface area is 228 Å². The number of fused-ring (bicyclic) bond motifs is 1. The van der Waals surface area contributed by atoms with Crippen molar-refractivity contribution in [2.24, 2.45) is 0 Å². The summed E-state index contributed by atoms with van der Waals surface area (Å²) >= 11 is 0. The summed E-state index contributed by atoms with van der Waals surface area (Å²) in [6.45, 7) is 3.75. The first-order valence-electron chi connectivity index (χ1n) is 13.0. The van der Waals surface area contributed by atoms with Gasteiger partial charge in [0.05, 0.1) is 29.1 Å². The molecule has 39 heavy (non-hydrogen) atoms. The fraction of sp³-hybridized carbons (Fsp3) is 0.152. The number of hydrogen-bond donors (Lipinski definition) is 2. The van der Waals surface area contributed by atoms with Gasteiger partial charge >= 0.3 is 5.97 Å². The van der Waals surface area contributed by atoms with Crippen molar-refractivity contribution in [3.63, 3.8) is 0 Å². The standard InChI is InChI=1S/C33H31N3O3/c1-3-39-33(38)26-16-19-28-29(20-26)35-32(37)30(28)31(25-12-8-5-9-13-25)34-27-17-14-24(15-18-27)22-36(2)21-23-10-6-4-7-11-23/h4-20,34H,3,21-22H2,1-2H3,(H,35,37). The van der Waals surface area contributed by atoms with Crippen molar-refractivity contribution in [3.8, 4) is 0 Å². The molecule has 0 spiro atoms. The number of hydrogen-bond acceptors (Lipinski definition) is 5. The summed E-state index contributed by atoms with van der Waals surface area (Å²) in [5.41, 5.74) is 7.19. The van der Waals surface area contributed by atoms with Gasteiger partial charge in [-0.2, -0.15) is 0 Å². The first kappa shape index (κ1) is 25.9. The maximum Gasteiger partial charge on any atom is 0.338 e. The van der Waals surface area contributed by atoms with E-state index in [9.17, 15) is 9.59 Å². The Hall–Kier alpha value is -4.68. The number of carbonyl (C=O) groups is 2. The number of anilines is 2. The molecule has 0 unspecified atom stereocenters. The van der Waals surface area contributed by atoms with Gasteiger partial charge < -0.3 is 15.4 Å². The summed E-state index contributed by atoms with van der Waals surface area (Å²) in [5.74, 6) is -0.639. The van der Waals surface area contributed by atoms with Crippen LogP contribution in [0.5, 0.6) is 0 Å². The third kappa shape index (κ3) is 6.08. The zero-order valence-corrected chi connectivity index (χ0v) is 22.1. The molecule has 1 amide bonds. The Morgan fingerprint density at radius 1 is 0.821 bits per heavy atom. The van der Waals surface area contributed by atoms with Crippen molar-refractivity contribution in [1.82, 2.24) is 4.90 Å². The third-order valence-electron chi connectivity index (χ3n) is 6.56. The topological polar surface area (TPSA) is 70.7 Å². The van der Waals surface area contributed by atoms with Crippen LogP contribution in [-0.4, -0.2) is 30.4 Å². The Morgan fingerprint density at radius 2 is 1.46 bits per heavy atom. The van der Waals surface area contributed by atoms with Crippen molar-refractivity contribution in [1.29, 1.82) is 0 Å². The van der Waals surface area contributed by atoms with Crippen LogP contribution in [-0.2, 0) is 22.6 Å². The van der Waals surface area contributed by atoms with E-state index in [1.54, 1.807) is 25.1 Å². The molecule has 0 atom stereocenters. The van der Waals surface area contributed by atoms with E-state index >= 15 is 0 Å². The Bertz CT molecular complexity index is 1500. The van der Waals surface area contributed by atoms with E-state index in [4.69, 9.17) is 4.74 Å². The quantitative estimate of drug-likeness (QED) is 0.198. The molecule has 1 heterocycles. The van der Waals surface area contributed by atoms with Gasteiger partial charge in [-0.05, 0) is 54.9 Å². The fourth-order valence-corrected chi connectivity index (χ4v) is 4.75. The largest absolute Gasteiger partial charge is 0.462 e. The number of carbonyl (C=O) groups excluding carboxylic acids is 2. The van der Waals surface area contributed by atoms with Gasteiger partial charge in [0.25, 0.3) is 5.91 Å². The molecule has 1 aliphatic rings. The Kier molecular flexibility index (Phi) is 7.85. The normalized spacial score (nSPS) is 13.6. The average molecular weight is 518 g/mol. The summed E-state index contributed by atoms with van der Waals surface area (Å²) in [7, 11) is 2.11. The van der Waals surface area contributed by atoms with Gasteiger partial charge in [0.1, 0.15) is 0 Å². The predicted molar refractivity (Wildman–Crippen MR) is 156 cm³/mol. The van der Waals surface area contributed by atoms with E-state index in [2.05, 4.69) is 59.0 Å². The number of nitrogens with zero attached hydrogens (tertiary/aromatic N) is 1. The van der Waals surface area contributed by atoms with Gasteiger partial charge in [-0.25, -0.2) is 4.79 Å². The highest BCUT2D eigenvalue weighted by Crippen LogP contribution is 2.38. The van der Waals surface area contributed by atoms with Crippen LogP contribution in [0.1, 0.15) is 39.5 Å². The number of nitrogens with one attached hydrogen (secondary N) is 2. The fourth-order valence-electron chi connectivity index (χ4n) is 4.75. The second-order valence-corrected chi connectivity index (χ2v) is 9.53. The number of ether oxygens (including phenoxy) is 1. The first-order valence-corrected chi connectivity index (χ1v) is 13.0. The maximum atomic E-state index is 13.2. The molecule has 5 rings (SSSR count). The molecule has 6 nitrogen and oxygen atoms in total. The van der Waals surface area contributed by atoms with E-state index < -0.39 is 5.97 Å². The molecule has 0 radical (unpaired) electrons. The Morgan fingerprint density at radius 3 is 2.13 bits per heavy atom. The lowest BCUT2D eigenvalue weighted by atomic mass is 9.99. The zero-order valence-electron chi connectivity index (χ0n) is 22.1. The van der Waals surface area contributed by atoms with E-state index in [0.29, 0.717) is 22.5 Å². The number of amides is 1. The second-order valence-electron chi connectivity index (χ2n) is 9.53. The highest BCUT2D eigenvalue weighted by Gasteiger charge is 2.29. The molecule has 0 fully saturated rings. The van der Waals surface area contributed by atoms with Crippen LogP contribution in [0, 0.1) is 0 Å². The van der Waals surface area contributed by atoms with Gasteiger partial charge in [0.15, 0.2) is 0 Å². The maximum absolute atomic E-state index is 13.2. The highest BCUT2D eigenvalue weighted by atomic mass is 16.5. The Balaban J connectivity index is 1.41. The summed E-state index contributed by atoms with van der Waals surface area (Å²) < 4.78 is 5.12. The minimum atomic E-state index is -0.414. The van der Waals surface area contributed by atoms with E-state index in [1.165, 1.54) is 11.1 Å². The van der Waals surface area contributed by atoms with E-state index in [0.717, 1.165) is 29.9 Å². The first-order chi connectivity index (χ1) is 19.0. The number of esters is 1. The molecule has 0 bridgehead atoms. The third-order valence-corrected chi connectivity index (χ3v) is 6.56. The monoisotopic (exact) mass is 517 g/mol. The van der Waals surface area contributed by atoms with Gasteiger partial charge in [-0.1, -0.05) is 78.9 Å². The van der Waals surface area contributed by atoms with Crippen LogP contribution in [0.25, 0.3) is 11.3 Å². The summed E-state index contributed by atoms with van der Waals surface area (Å²) in [6.07, 6.45) is 0. The van der Waals surface area contributed by atoms with Crippen molar-refractivity contribution in [2.45, 2.75) is 20.0 Å². The molecule has 4 aromatic rings. The summed E-state index contributed by atoms with van der Waals surface area (Å²) in [6, 6.07) is 33.6. The molecule has 1 aliphatic heterocycles. The second kappa shape index (κ2) is 11.8. The SMILES string of the molecule is CCOC(=O)c1ccc2c(c1)NC(=O)C2=C(Nc1ccc(CN(C)Cc2ccccc2)cc1)c1ccccc1. The van der Waals surface area contributed by atoms with Gasteiger partial charge in [0.2, 0.25) is 0 Å².